The number of amides is 1. The van der Waals surface area contributed by atoms with Crippen LogP contribution in [-0.2, 0) is 6.42 Å². The summed E-state index contributed by atoms with van der Waals surface area (Å²) in [6.07, 6.45) is 0.950. The Labute approximate surface area is 166 Å². The number of rotatable bonds is 4. The summed E-state index contributed by atoms with van der Waals surface area (Å²) in [6, 6.07) is 15.7. The average molecular weight is 383 g/mol. The molecule has 142 valence electrons. The molecule has 1 aliphatic heterocycles. The number of carbonyl (C=O) groups excluding carboxylic acids is 1. The number of nitrogens with zero attached hydrogens (tertiary/aromatic N) is 2. The number of nitrogens with one attached hydrogen (secondary N) is 2. The van der Waals surface area contributed by atoms with Gasteiger partial charge in [-0.15, -0.1) is 0 Å². The molecule has 2 aromatic rings. The van der Waals surface area contributed by atoms with Gasteiger partial charge in [0.15, 0.2) is 5.11 Å². The average Bonchev–Trinajstić information content (AvgIpc) is 2.69. The lowest BCUT2D eigenvalue weighted by atomic mass is 10.1. The summed E-state index contributed by atoms with van der Waals surface area (Å²) in [6.45, 7) is 6.32. The van der Waals surface area contributed by atoms with E-state index in [-0.39, 0.29) is 5.91 Å². The minimum absolute atomic E-state index is 0.204. The molecule has 6 heteroatoms. The number of anilines is 2. The fourth-order valence-corrected chi connectivity index (χ4v) is 3.26. The van der Waals surface area contributed by atoms with Gasteiger partial charge in [0, 0.05) is 43.1 Å². The Morgan fingerprint density at radius 3 is 2.22 bits per heavy atom. The van der Waals surface area contributed by atoms with Crippen LogP contribution in [0, 0.1) is 0 Å². The second-order valence-corrected chi connectivity index (χ2v) is 7.20. The van der Waals surface area contributed by atoms with Crippen LogP contribution in [0.2, 0.25) is 0 Å². The van der Waals surface area contributed by atoms with Gasteiger partial charge >= 0.3 is 0 Å². The van der Waals surface area contributed by atoms with E-state index in [4.69, 9.17) is 12.2 Å². The zero-order valence-corrected chi connectivity index (χ0v) is 16.7. The van der Waals surface area contributed by atoms with E-state index in [0.29, 0.717) is 10.7 Å². The van der Waals surface area contributed by atoms with Crippen molar-refractivity contribution in [1.29, 1.82) is 0 Å². The Hall–Kier alpha value is -2.44. The number of likely N-dealkylation sites (N-methyl/N-ethyl adjacent to an activating group) is 1. The van der Waals surface area contributed by atoms with Gasteiger partial charge in [-0.1, -0.05) is 19.1 Å². The van der Waals surface area contributed by atoms with Crippen molar-refractivity contribution in [2.75, 3.05) is 43.4 Å². The van der Waals surface area contributed by atoms with Gasteiger partial charge in [0.2, 0.25) is 0 Å². The Kier molecular flexibility index (Phi) is 6.42. The zero-order valence-electron chi connectivity index (χ0n) is 15.9. The number of thiocarbonyl (C=S) groups is 1. The molecular weight excluding hydrogens is 356 g/mol. The molecule has 0 atom stereocenters. The van der Waals surface area contributed by atoms with Crippen molar-refractivity contribution < 1.29 is 4.79 Å². The van der Waals surface area contributed by atoms with E-state index in [0.717, 1.165) is 38.3 Å². The minimum atomic E-state index is -0.204. The van der Waals surface area contributed by atoms with Crippen LogP contribution in [0.25, 0.3) is 0 Å². The molecule has 2 N–H and O–H groups in total. The highest BCUT2D eigenvalue weighted by atomic mass is 32.1. The summed E-state index contributed by atoms with van der Waals surface area (Å²) in [5, 5.41) is 6.10. The molecule has 1 fully saturated rings. The molecule has 0 radical (unpaired) electrons. The summed E-state index contributed by atoms with van der Waals surface area (Å²) >= 11 is 5.27. The number of piperazine rings is 1. The maximum Gasteiger partial charge on any atom is 0.257 e. The predicted molar refractivity (Wildman–Crippen MR) is 116 cm³/mol. The van der Waals surface area contributed by atoms with Gasteiger partial charge < -0.3 is 15.1 Å². The summed E-state index contributed by atoms with van der Waals surface area (Å²) in [5.41, 5.74) is 3.87. The van der Waals surface area contributed by atoms with Crippen LogP contribution in [0.5, 0.6) is 0 Å². The van der Waals surface area contributed by atoms with Crippen molar-refractivity contribution >= 4 is 34.6 Å². The Bertz CT molecular complexity index is 781. The lowest BCUT2D eigenvalue weighted by Gasteiger charge is -2.34. The maximum atomic E-state index is 12.3. The van der Waals surface area contributed by atoms with Crippen LogP contribution < -0.4 is 15.5 Å². The molecule has 0 unspecified atom stereocenters. The fraction of sp³-hybridized carbons (Fsp3) is 0.333. The zero-order chi connectivity index (χ0) is 19.2. The van der Waals surface area contributed by atoms with E-state index in [1.54, 1.807) is 0 Å². The van der Waals surface area contributed by atoms with Crippen LogP contribution in [-0.4, -0.2) is 49.1 Å². The monoisotopic (exact) mass is 382 g/mol. The van der Waals surface area contributed by atoms with E-state index in [1.165, 1.54) is 11.3 Å². The minimum Gasteiger partial charge on any atom is -0.369 e. The topological polar surface area (TPSA) is 47.6 Å². The Balaban J connectivity index is 1.53. The summed E-state index contributed by atoms with van der Waals surface area (Å²) in [5.74, 6) is -0.204. The molecule has 1 heterocycles. The van der Waals surface area contributed by atoms with Crippen molar-refractivity contribution in [3.05, 3.63) is 59.7 Å². The molecule has 0 spiro atoms. The molecule has 0 saturated carbocycles. The maximum absolute atomic E-state index is 12.3. The van der Waals surface area contributed by atoms with E-state index < -0.39 is 0 Å². The van der Waals surface area contributed by atoms with Crippen molar-refractivity contribution in [3.8, 4) is 0 Å². The van der Waals surface area contributed by atoms with Crippen LogP contribution >= 0.6 is 12.2 Å². The number of benzene rings is 2. The molecule has 27 heavy (non-hydrogen) atoms. The van der Waals surface area contributed by atoms with Crippen molar-refractivity contribution in [1.82, 2.24) is 10.2 Å². The van der Waals surface area contributed by atoms with Gasteiger partial charge in [0.05, 0.1) is 0 Å². The Morgan fingerprint density at radius 2 is 1.63 bits per heavy atom. The first-order chi connectivity index (χ1) is 13.0. The normalized spacial score (nSPS) is 14.7. The number of hydrogen-bond donors (Lipinski definition) is 2. The van der Waals surface area contributed by atoms with Gasteiger partial charge in [-0.2, -0.15) is 0 Å². The quantitative estimate of drug-likeness (QED) is 0.796. The predicted octanol–water partition coefficient (Wildman–Crippen LogP) is 3.13. The van der Waals surface area contributed by atoms with E-state index in [1.807, 2.05) is 36.4 Å². The Morgan fingerprint density at radius 1 is 1.00 bits per heavy atom. The van der Waals surface area contributed by atoms with Crippen LogP contribution in [0.15, 0.2) is 48.5 Å². The molecule has 0 aromatic heterocycles. The van der Waals surface area contributed by atoms with Crippen molar-refractivity contribution in [2.45, 2.75) is 13.3 Å². The summed E-state index contributed by atoms with van der Waals surface area (Å²) in [4.78, 5) is 17.0. The van der Waals surface area contributed by atoms with Gasteiger partial charge in [0.1, 0.15) is 0 Å². The molecule has 0 bridgehead atoms. The molecule has 0 aliphatic carbocycles. The summed E-state index contributed by atoms with van der Waals surface area (Å²) < 4.78 is 0. The molecule has 1 saturated heterocycles. The van der Waals surface area contributed by atoms with E-state index in [2.05, 4.69) is 46.5 Å². The largest absolute Gasteiger partial charge is 0.369 e. The third kappa shape index (κ3) is 5.28. The van der Waals surface area contributed by atoms with Gasteiger partial charge in [0.25, 0.3) is 5.91 Å². The highest BCUT2D eigenvalue weighted by Crippen LogP contribution is 2.19. The SMILES string of the molecule is CCc1ccc(C(=O)NC(=S)Nc2ccc(N3CCN(C)CC3)cc2)cc1. The molecule has 3 rings (SSSR count). The number of carbonyl (C=O) groups is 1. The summed E-state index contributed by atoms with van der Waals surface area (Å²) in [7, 11) is 2.15. The third-order valence-corrected chi connectivity index (χ3v) is 5.05. The van der Waals surface area contributed by atoms with Crippen molar-refractivity contribution in [3.63, 3.8) is 0 Å². The highest BCUT2D eigenvalue weighted by Gasteiger charge is 2.14. The lowest BCUT2D eigenvalue weighted by molar-refractivity contribution is 0.0977. The second kappa shape index (κ2) is 8.97. The first kappa shape index (κ1) is 19.3. The smallest absolute Gasteiger partial charge is 0.257 e. The number of hydrogen-bond acceptors (Lipinski definition) is 4. The standard InChI is InChI=1S/C21H26N4OS/c1-3-16-4-6-17(7-5-16)20(26)23-21(27)22-18-8-10-19(11-9-18)25-14-12-24(2)13-15-25/h4-11H,3,12-15H2,1-2H3,(H2,22,23,26,27). The van der Waals surface area contributed by atoms with Gasteiger partial charge in [-0.05, 0) is 67.6 Å². The lowest BCUT2D eigenvalue weighted by Crippen LogP contribution is -2.44. The van der Waals surface area contributed by atoms with Crippen LogP contribution in [0.1, 0.15) is 22.8 Å². The van der Waals surface area contributed by atoms with Gasteiger partial charge in [-0.25, -0.2) is 0 Å². The second-order valence-electron chi connectivity index (χ2n) is 6.80. The van der Waals surface area contributed by atoms with Crippen LogP contribution in [0.3, 0.4) is 0 Å². The first-order valence-electron chi connectivity index (χ1n) is 9.30. The fourth-order valence-electron chi connectivity index (χ4n) is 3.05. The first-order valence-corrected chi connectivity index (χ1v) is 9.71. The van der Waals surface area contributed by atoms with E-state index in [9.17, 15) is 4.79 Å². The highest BCUT2D eigenvalue weighted by molar-refractivity contribution is 7.80. The van der Waals surface area contributed by atoms with Crippen LogP contribution in [0.4, 0.5) is 11.4 Å². The molecule has 2 aromatic carbocycles. The van der Waals surface area contributed by atoms with Crippen molar-refractivity contribution in [2.24, 2.45) is 0 Å². The van der Waals surface area contributed by atoms with E-state index >= 15 is 0 Å². The third-order valence-electron chi connectivity index (χ3n) is 4.85. The van der Waals surface area contributed by atoms with Gasteiger partial charge in [-0.3, -0.25) is 10.1 Å². The molecular formula is C21H26N4OS. The molecule has 1 aliphatic rings. The molecule has 5 nitrogen and oxygen atoms in total. The number of aryl methyl sites for hydroxylation is 1. The molecule has 1 amide bonds.